The lowest BCUT2D eigenvalue weighted by Crippen LogP contribution is -2.30. The minimum absolute atomic E-state index is 0.198. The number of rotatable bonds is 5. The fraction of sp³-hybridized carbons (Fsp3) is 0.385. The molecule has 0 spiro atoms. The van der Waals surface area contributed by atoms with Crippen LogP contribution in [0.4, 0.5) is 10.1 Å². The molecule has 3 heteroatoms. The lowest BCUT2D eigenvalue weighted by atomic mass is 10.1. The number of nitrogen functional groups attached to an aromatic ring is 1. The number of halogens is 1. The van der Waals surface area contributed by atoms with Crippen molar-refractivity contribution in [1.82, 2.24) is 4.90 Å². The smallest absolute Gasteiger partial charge is 0.146 e. The van der Waals surface area contributed by atoms with E-state index in [4.69, 9.17) is 5.73 Å². The quantitative estimate of drug-likeness (QED) is 0.613. The Hall–Kier alpha value is -1.35. The summed E-state index contributed by atoms with van der Waals surface area (Å²) in [6.45, 7) is 9.44. The highest BCUT2D eigenvalue weighted by Crippen LogP contribution is 2.14. The third-order valence-corrected chi connectivity index (χ3v) is 2.54. The SMILES string of the molecule is C=CCN(Cc1ccc(N)c(F)c1)C(C)C. The Kier molecular flexibility index (Phi) is 4.50. The second-order valence-corrected chi connectivity index (χ2v) is 4.17. The van der Waals surface area contributed by atoms with E-state index in [1.54, 1.807) is 6.07 Å². The number of hydrogen-bond acceptors (Lipinski definition) is 2. The molecule has 0 aliphatic carbocycles. The molecular formula is C13H19FN2. The van der Waals surface area contributed by atoms with Gasteiger partial charge < -0.3 is 5.73 Å². The Morgan fingerprint density at radius 1 is 1.50 bits per heavy atom. The topological polar surface area (TPSA) is 29.3 Å². The molecule has 1 aromatic rings. The lowest BCUT2D eigenvalue weighted by Gasteiger charge is -2.25. The maximum absolute atomic E-state index is 13.3. The fourth-order valence-electron chi connectivity index (χ4n) is 1.53. The summed E-state index contributed by atoms with van der Waals surface area (Å²) in [5.74, 6) is -0.347. The molecule has 0 atom stereocenters. The standard InChI is InChI=1S/C13H19FN2/c1-4-7-16(10(2)3)9-11-5-6-13(15)12(14)8-11/h4-6,8,10H,1,7,9,15H2,2-3H3. The Bertz CT molecular complexity index is 361. The van der Waals surface area contributed by atoms with Crippen LogP contribution in [-0.4, -0.2) is 17.5 Å². The van der Waals surface area contributed by atoms with Crippen molar-refractivity contribution < 1.29 is 4.39 Å². The van der Waals surface area contributed by atoms with E-state index < -0.39 is 0 Å². The van der Waals surface area contributed by atoms with Crippen LogP contribution in [0.15, 0.2) is 30.9 Å². The minimum Gasteiger partial charge on any atom is -0.396 e. The first-order valence-electron chi connectivity index (χ1n) is 5.43. The van der Waals surface area contributed by atoms with Gasteiger partial charge in [0.15, 0.2) is 0 Å². The number of nitrogens with zero attached hydrogens (tertiary/aromatic N) is 1. The zero-order valence-corrected chi connectivity index (χ0v) is 9.91. The van der Waals surface area contributed by atoms with E-state index >= 15 is 0 Å². The van der Waals surface area contributed by atoms with Gasteiger partial charge in [-0.2, -0.15) is 0 Å². The van der Waals surface area contributed by atoms with Crippen LogP contribution < -0.4 is 5.73 Å². The van der Waals surface area contributed by atoms with E-state index in [1.165, 1.54) is 6.07 Å². The molecule has 2 N–H and O–H groups in total. The van der Waals surface area contributed by atoms with Gasteiger partial charge in [0.1, 0.15) is 5.82 Å². The van der Waals surface area contributed by atoms with Crippen molar-refractivity contribution in [2.24, 2.45) is 0 Å². The number of anilines is 1. The molecule has 0 heterocycles. The highest BCUT2D eigenvalue weighted by atomic mass is 19.1. The van der Waals surface area contributed by atoms with Gasteiger partial charge in [0.05, 0.1) is 5.69 Å². The highest BCUT2D eigenvalue weighted by molar-refractivity contribution is 5.41. The van der Waals surface area contributed by atoms with Crippen molar-refractivity contribution in [2.45, 2.75) is 26.4 Å². The summed E-state index contributed by atoms with van der Waals surface area (Å²) in [5.41, 5.74) is 6.56. The van der Waals surface area contributed by atoms with Crippen LogP contribution in [0.3, 0.4) is 0 Å². The third-order valence-electron chi connectivity index (χ3n) is 2.54. The summed E-state index contributed by atoms with van der Waals surface area (Å²) in [7, 11) is 0. The molecule has 0 aliphatic rings. The third kappa shape index (κ3) is 3.35. The van der Waals surface area contributed by atoms with Gasteiger partial charge in [0, 0.05) is 19.1 Å². The maximum Gasteiger partial charge on any atom is 0.146 e. The summed E-state index contributed by atoms with van der Waals surface area (Å²) in [4.78, 5) is 2.21. The van der Waals surface area contributed by atoms with Gasteiger partial charge in [-0.1, -0.05) is 12.1 Å². The normalized spacial score (nSPS) is 11.1. The fourth-order valence-corrected chi connectivity index (χ4v) is 1.53. The van der Waals surface area contributed by atoms with E-state index in [-0.39, 0.29) is 11.5 Å². The molecule has 0 unspecified atom stereocenters. The van der Waals surface area contributed by atoms with E-state index in [0.717, 1.165) is 12.1 Å². The van der Waals surface area contributed by atoms with Crippen LogP contribution in [0.5, 0.6) is 0 Å². The summed E-state index contributed by atoms with van der Waals surface area (Å²) in [6.07, 6.45) is 1.85. The molecule has 0 fully saturated rings. The van der Waals surface area contributed by atoms with Crippen LogP contribution in [0.1, 0.15) is 19.4 Å². The van der Waals surface area contributed by atoms with Crippen LogP contribution >= 0.6 is 0 Å². The van der Waals surface area contributed by atoms with E-state index in [9.17, 15) is 4.39 Å². The largest absolute Gasteiger partial charge is 0.396 e. The van der Waals surface area contributed by atoms with Gasteiger partial charge in [-0.3, -0.25) is 4.90 Å². The van der Waals surface area contributed by atoms with E-state index in [1.807, 2.05) is 12.1 Å². The number of hydrogen-bond donors (Lipinski definition) is 1. The zero-order valence-electron chi connectivity index (χ0n) is 9.91. The molecule has 0 saturated heterocycles. The van der Waals surface area contributed by atoms with Gasteiger partial charge >= 0.3 is 0 Å². The lowest BCUT2D eigenvalue weighted by molar-refractivity contribution is 0.237. The second kappa shape index (κ2) is 5.66. The average molecular weight is 222 g/mol. The minimum atomic E-state index is -0.347. The number of benzene rings is 1. The predicted octanol–water partition coefficient (Wildman–Crippen LogP) is 2.80. The summed E-state index contributed by atoms with van der Waals surface area (Å²) >= 11 is 0. The molecule has 0 radical (unpaired) electrons. The van der Waals surface area contributed by atoms with Crippen LogP contribution in [0.2, 0.25) is 0 Å². The first-order chi connectivity index (χ1) is 7.54. The average Bonchev–Trinajstić information content (AvgIpc) is 2.22. The van der Waals surface area contributed by atoms with Gasteiger partial charge in [-0.25, -0.2) is 4.39 Å². The van der Waals surface area contributed by atoms with Crippen LogP contribution in [0.25, 0.3) is 0 Å². The summed E-state index contributed by atoms with van der Waals surface area (Å²) in [5, 5.41) is 0. The summed E-state index contributed by atoms with van der Waals surface area (Å²) < 4.78 is 13.3. The first kappa shape index (κ1) is 12.7. The molecule has 0 saturated carbocycles. The first-order valence-corrected chi connectivity index (χ1v) is 5.43. The van der Waals surface area contributed by atoms with Crippen molar-refractivity contribution in [3.63, 3.8) is 0 Å². The van der Waals surface area contributed by atoms with E-state index in [2.05, 4.69) is 25.3 Å². The Morgan fingerprint density at radius 3 is 2.69 bits per heavy atom. The molecule has 0 bridgehead atoms. The van der Waals surface area contributed by atoms with Crippen molar-refractivity contribution in [3.05, 3.63) is 42.2 Å². The van der Waals surface area contributed by atoms with Gasteiger partial charge in [-0.15, -0.1) is 6.58 Å². The van der Waals surface area contributed by atoms with Crippen molar-refractivity contribution >= 4 is 5.69 Å². The predicted molar refractivity (Wildman–Crippen MR) is 66.6 cm³/mol. The Labute approximate surface area is 96.6 Å². The van der Waals surface area contributed by atoms with Gasteiger partial charge in [0.25, 0.3) is 0 Å². The molecule has 0 aliphatic heterocycles. The van der Waals surface area contributed by atoms with Gasteiger partial charge in [0.2, 0.25) is 0 Å². The zero-order chi connectivity index (χ0) is 12.1. The Balaban J connectivity index is 2.77. The van der Waals surface area contributed by atoms with Crippen LogP contribution in [0, 0.1) is 5.82 Å². The highest BCUT2D eigenvalue weighted by Gasteiger charge is 2.09. The molecule has 16 heavy (non-hydrogen) atoms. The molecule has 0 amide bonds. The molecule has 1 aromatic carbocycles. The molecular weight excluding hydrogens is 203 g/mol. The van der Waals surface area contributed by atoms with Crippen molar-refractivity contribution in [1.29, 1.82) is 0 Å². The second-order valence-electron chi connectivity index (χ2n) is 4.17. The molecule has 0 aromatic heterocycles. The summed E-state index contributed by atoms with van der Waals surface area (Å²) in [6, 6.07) is 5.36. The maximum atomic E-state index is 13.3. The van der Waals surface area contributed by atoms with E-state index in [0.29, 0.717) is 12.6 Å². The van der Waals surface area contributed by atoms with Crippen LogP contribution in [-0.2, 0) is 6.54 Å². The molecule has 88 valence electrons. The van der Waals surface area contributed by atoms with Crippen molar-refractivity contribution in [3.8, 4) is 0 Å². The molecule has 1 rings (SSSR count). The monoisotopic (exact) mass is 222 g/mol. The van der Waals surface area contributed by atoms with Crippen molar-refractivity contribution in [2.75, 3.05) is 12.3 Å². The number of nitrogens with two attached hydrogens (primary N) is 1. The van der Waals surface area contributed by atoms with Gasteiger partial charge in [-0.05, 0) is 31.5 Å². The molecule has 2 nitrogen and oxygen atoms in total. The Morgan fingerprint density at radius 2 is 2.19 bits per heavy atom.